The number of halogens is 1. The number of anilines is 1. The number of benzene rings is 2. The third kappa shape index (κ3) is 5.79. The van der Waals surface area contributed by atoms with Crippen molar-refractivity contribution < 1.29 is 76.1 Å². The lowest BCUT2D eigenvalue weighted by molar-refractivity contribution is -0.924. The number of aromatic nitrogens is 1. The summed E-state index contributed by atoms with van der Waals surface area (Å²) in [6, 6.07) is 10.3. The third-order valence-electron chi connectivity index (χ3n) is 15.9. The highest BCUT2D eigenvalue weighted by Gasteiger charge is 2.80. The maximum atomic E-state index is 15.5. The number of fused-ring (bicyclic) bond motifs is 6. The van der Waals surface area contributed by atoms with Gasteiger partial charge < -0.3 is 67.5 Å². The van der Waals surface area contributed by atoms with Crippen LogP contribution in [0.4, 0.5) is 5.69 Å². The van der Waals surface area contributed by atoms with Gasteiger partial charge in [0.25, 0.3) is 0 Å². The predicted molar refractivity (Wildman–Crippen MR) is 225 cm³/mol. The lowest BCUT2D eigenvalue weighted by Crippen LogP contribution is -3.00. The van der Waals surface area contributed by atoms with Gasteiger partial charge in [-0.05, 0) is 61.9 Å². The fourth-order valence-electron chi connectivity index (χ4n) is 13.8. The van der Waals surface area contributed by atoms with E-state index in [1.165, 1.54) is 28.3 Å². The largest absolute Gasteiger partial charge is 1.00 e. The molecule has 6 heterocycles. The first-order valence-corrected chi connectivity index (χ1v) is 21.4. The van der Waals surface area contributed by atoms with E-state index in [0.717, 1.165) is 22.0 Å². The zero-order valence-corrected chi connectivity index (χ0v) is 38.3. The second kappa shape index (κ2) is 15.0. The number of hydrogen-bond acceptors (Lipinski definition) is 11. The van der Waals surface area contributed by atoms with Crippen LogP contribution >= 0.6 is 0 Å². The molecule has 1 aliphatic carbocycles. The Bertz CT molecular complexity index is 2430. The minimum atomic E-state index is -2.47. The Kier molecular flexibility index (Phi) is 9.83. The highest BCUT2D eigenvalue weighted by atomic mass is 127. The molecule has 61 heavy (non-hydrogen) atoms. The molecule has 330 valence electrons. The van der Waals surface area contributed by atoms with Gasteiger partial charge in [-0.2, -0.15) is 0 Å². The van der Waals surface area contributed by atoms with E-state index in [4.69, 9.17) is 23.1 Å². The number of ether oxygens (including phenoxy) is 4. The standard InChI is InChI=1S/C47H61N4O9.HI/c1-9-43(55)24-29-25-46(41(53)58-7,37-31(16-21-51(5,26-29)27-43)30-14-11-12-15-34(30)48-37)33-22-32-35(23-36(33)57-6)49(4)39-45(32)18-20-50-19-13-17-44(10-2,38(45)50)40(60-28(3)52)47(39,56)42(54)59-8;/h11-15,17,22-23,29,38-40,48,55-56H,9-10,16,18-21,24-27H2,1-8H3;1H/q+1;/p-1/t29-,38+,39-,40-,43+,44-,45-,46+,47+,51-;/m1./s1/i5D3;. The van der Waals surface area contributed by atoms with Crippen LogP contribution in [0.3, 0.4) is 0 Å². The maximum absolute atomic E-state index is 15.5. The number of esters is 3. The Balaban J connectivity index is 0.00000560. The van der Waals surface area contributed by atoms with E-state index in [1.54, 1.807) is 0 Å². The van der Waals surface area contributed by atoms with Gasteiger partial charge in [0.1, 0.15) is 23.3 Å². The molecule has 10 atom stereocenters. The highest BCUT2D eigenvalue weighted by Crippen LogP contribution is 2.68. The van der Waals surface area contributed by atoms with Crippen LogP contribution in [-0.2, 0) is 45.8 Å². The van der Waals surface area contributed by atoms with Crippen molar-refractivity contribution in [2.24, 2.45) is 11.3 Å². The summed E-state index contributed by atoms with van der Waals surface area (Å²) in [6.45, 7) is 4.34. The van der Waals surface area contributed by atoms with E-state index in [9.17, 15) is 19.8 Å². The lowest BCUT2D eigenvalue weighted by atomic mass is 9.47. The average Bonchev–Trinajstić information content (AvgIpc) is 3.92. The molecular weight excluding hydrogens is 891 g/mol. The van der Waals surface area contributed by atoms with Crippen molar-refractivity contribution in [2.75, 3.05) is 73.0 Å². The van der Waals surface area contributed by atoms with E-state index in [0.29, 0.717) is 55.0 Å². The summed E-state index contributed by atoms with van der Waals surface area (Å²) in [7, 11) is 5.95. The number of piperidine rings is 1. The Morgan fingerprint density at radius 3 is 2.44 bits per heavy atom. The Labute approximate surface area is 379 Å². The average molecular weight is 956 g/mol. The molecular formula is C47H61IN4O9. The van der Waals surface area contributed by atoms with Crippen LogP contribution in [-0.4, -0.2) is 140 Å². The van der Waals surface area contributed by atoms with Crippen molar-refractivity contribution >= 4 is 34.5 Å². The molecule has 6 aliphatic rings. The molecule has 14 heteroatoms. The molecule has 9 rings (SSSR count). The number of para-hydroxylation sites is 1. The van der Waals surface area contributed by atoms with Gasteiger partial charge in [0.05, 0.1) is 51.5 Å². The number of nitrogens with zero attached hydrogens (tertiary/aromatic N) is 3. The number of H-pyrrole nitrogens is 1. The van der Waals surface area contributed by atoms with Crippen molar-refractivity contribution in [3.05, 3.63) is 70.9 Å². The Hall–Kier alpha value is -3.70. The van der Waals surface area contributed by atoms with Crippen LogP contribution in [0.5, 0.6) is 5.75 Å². The predicted octanol–water partition coefficient (Wildman–Crippen LogP) is 1.14. The minimum absolute atomic E-state index is 0. The number of aliphatic hydroxyl groups is 2. The zero-order valence-electron chi connectivity index (χ0n) is 39.2. The number of carbonyl (C=O) groups is 3. The molecule has 0 unspecified atom stereocenters. The van der Waals surface area contributed by atoms with E-state index < -0.39 is 70.4 Å². The van der Waals surface area contributed by atoms with E-state index in [-0.39, 0.29) is 73.4 Å². The van der Waals surface area contributed by atoms with Crippen LogP contribution in [0.2, 0.25) is 0 Å². The summed E-state index contributed by atoms with van der Waals surface area (Å²) in [6.07, 6.45) is 4.61. The van der Waals surface area contributed by atoms with E-state index >= 15 is 4.79 Å². The van der Waals surface area contributed by atoms with Crippen LogP contribution in [0.1, 0.15) is 79.4 Å². The van der Waals surface area contributed by atoms with Gasteiger partial charge in [0.2, 0.25) is 5.60 Å². The number of aromatic amines is 1. The molecule has 13 nitrogen and oxygen atoms in total. The zero-order chi connectivity index (χ0) is 45.3. The summed E-state index contributed by atoms with van der Waals surface area (Å²) >= 11 is 0. The van der Waals surface area contributed by atoms with Crippen LogP contribution in [0, 0.1) is 11.3 Å². The molecule has 2 bridgehead atoms. The number of hydrogen-bond donors (Lipinski definition) is 3. The summed E-state index contributed by atoms with van der Waals surface area (Å²) in [5.41, 5.74) is -3.27. The molecule has 5 aliphatic heterocycles. The number of carbonyl (C=O) groups excluding carboxylic acids is 3. The van der Waals surface area contributed by atoms with Crippen LogP contribution in [0.15, 0.2) is 48.6 Å². The van der Waals surface area contributed by atoms with E-state index in [1.807, 2.05) is 74.3 Å². The van der Waals surface area contributed by atoms with Crippen molar-refractivity contribution in [2.45, 2.75) is 99.5 Å². The summed E-state index contributed by atoms with van der Waals surface area (Å²) in [4.78, 5) is 50.9. The smallest absolute Gasteiger partial charge is 0.344 e. The molecule has 2 aromatic carbocycles. The van der Waals surface area contributed by atoms with Crippen molar-refractivity contribution in [3.63, 3.8) is 0 Å². The highest BCUT2D eigenvalue weighted by molar-refractivity contribution is 5.95. The van der Waals surface area contributed by atoms with Gasteiger partial charge in [-0.3, -0.25) is 14.5 Å². The molecule has 3 N–H and O–H groups in total. The third-order valence-corrected chi connectivity index (χ3v) is 15.9. The van der Waals surface area contributed by atoms with Gasteiger partial charge in [0.15, 0.2) is 6.10 Å². The summed E-state index contributed by atoms with van der Waals surface area (Å²) in [5, 5.41) is 26.5. The normalized spacial score (nSPS) is 38.1. The summed E-state index contributed by atoms with van der Waals surface area (Å²) < 4.78 is 50.6. The van der Waals surface area contributed by atoms with Gasteiger partial charge in [-0.25, -0.2) is 4.79 Å². The number of likely N-dealkylation sites (N-methyl/N-ethyl adjacent to an activating group) is 2. The SMILES string of the molecule is [2H]C([2H])([2H])[N@+]12CCc3c([nH]c4ccccc34)[C@@](C(=O)OC)(c3cc4c(cc3OC)N(C)[C@H]3[C@@](O)(C(=O)OC)[C@H](OC(C)=O)[C@]5(CC)C=CCN6CC[C@]43[C@@H]65)C[C@@H](C[C@@](O)(CC)C1)C2.[I-]. The fraction of sp³-hybridized carbons (Fsp3) is 0.596. The quantitative estimate of drug-likeness (QED) is 0.103. The Morgan fingerprint density at radius 1 is 1.02 bits per heavy atom. The van der Waals surface area contributed by atoms with Gasteiger partial charge >= 0.3 is 17.9 Å². The number of methoxy groups -OCH3 is 3. The van der Waals surface area contributed by atoms with E-state index in [2.05, 4.69) is 9.88 Å². The number of nitrogens with one attached hydrogen (secondary N) is 1. The van der Waals surface area contributed by atoms with Gasteiger partial charge in [-0.1, -0.05) is 44.2 Å². The molecule has 3 fully saturated rings. The molecule has 1 aromatic heterocycles. The number of rotatable bonds is 7. The first-order valence-electron chi connectivity index (χ1n) is 22.9. The van der Waals surface area contributed by atoms with Crippen LogP contribution < -0.4 is 33.6 Å². The van der Waals surface area contributed by atoms with Crippen molar-refractivity contribution in [1.29, 1.82) is 0 Å². The molecule has 0 radical (unpaired) electrons. The molecule has 1 saturated carbocycles. The molecule has 3 aromatic rings. The fourth-order valence-corrected chi connectivity index (χ4v) is 13.8. The first-order chi connectivity index (χ1) is 29.8. The Morgan fingerprint density at radius 2 is 1.77 bits per heavy atom. The molecule has 1 spiro atoms. The molecule has 0 amide bonds. The second-order valence-corrected chi connectivity index (χ2v) is 18.7. The monoisotopic (exact) mass is 955 g/mol. The van der Waals surface area contributed by atoms with Crippen molar-refractivity contribution in [1.82, 2.24) is 9.88 Å². The first kappa shape index (κ1) is 40.1. The summed E-state index contributed by atoms with van der Waals surface area (Å²) in [5.74, 6) is -2.26. The van der Waals surface area contributed by atoms with Gasteiger partial charge in [0, 0.05) is 83.6 Å². The van der Waals surface area contributed by atoms with Crippen LogP contribution in [0.25, 0.3) is 10.9 Å². The topological polar surface area (TPSA) is 151 Å². The molecule has 2 saturated heterocycles. The second-order valence-electron chi connectivity index (χ2n) is 18.7. The lowest BCUT2D eigenvalue weighted by Gasteiger charge is -2.63. The maximum Gasteiger partial charge on any atom is 0.344 e. The van der Waals surface area contributed by atoms with Crippen molar-refractivity contribution in [3.8, 4) is 5.75 Å². The van der Waals surface area contributed by atoms with Gasteiger partial charge in [-0.15, -0.1) is 0 Å². The minimum Gasteiger partial charge on any atom is -1.00 e. The number of quaternary nitrogens is 1.